The first kappa shape index (κ1) is 17.2. The Morgan fingerprint density at radius 3 is 2.62 bits per heavy atom. The van der Waals surface area contributed by atoms with Gasteiger partial charge in [0, 0.05) is 26.5 Å². The van der Waals surface area contributed by atoms with Crippen LogP contribution in [0.25, 0.3) is 0 Å². The van der Waals surface area contributed by atoms with Crippen molar-refractivity contribution >= 4 is 23.5 Å². The number of hydrogen-bond acceptors (Lipinski definition) is 3. The fourth-order valence-electron chi connectivity index (χ4n) is 5.49. The van der Waals surface area contributed by atoms with Crippen LogP contribution >= 0.6 is 23.5 Å². The molecule has 26 heavy (non-hydrogen) atoms. The predicted molar refractivity (Wildman–Crippen MR) is 111 cm³/mol. The summed E-state index contributed by atoms with van der Waals surface area (Å²) in [4.78, 5) is 2.62. The van der Waals surface area contributed by atoms with Gasteiger partial charge < -0.3 is 4.74 Å². The second-order valence-corrected chi connectivity index (χ2v) is 10.7. The molecule has 2 bridgehead atoms. The molecule has 0 radical (unpaired) electrons. The number of ether oxygens (including phenoxy) is 1. The van der Waals surface area contributed by atoms with E-state index in [1.165, 1.54) is 40.4 Å². The molecule has 136 valence electrons. The molecule has 0 aromatic heterocycles. The van der Waals surface area contributed by atoms with Gasteiger partial charge in [-0.3, -0.25) is 0 Å². The molecule has 0 amide bonds. The van der Waals surface area contributed by atoms with E-state index in [4.69, 9.17) is 4.74 Å². The Morgan fingerprint density at radius 2 is 1.81 bits per heavy atom. The zero-order valence-corrected chi connectivity index (χ0v) is 17.1. The third kappa shape index (κ3) is 2.51. The van der Waals surface area contributed by atoms with E-state index in [1.807, 2.05) is 23.5 Å². The smallest absolute Gasteiger partial charge is 0.129 e. The molecular formula is C23H26OS2. The van der Waals surface area contributed by atoms with Gasteiger partial charge in [-0.2, -0.15) is 0 Å². The van der Waals surface area contributed by atoms with Gasteiger partial charge in [0.1, 0.15) is 5.44 Å². The summed E-state index contributed by atoms with van der Waals surface area (Å²) in [7, 11) is 0. The second-order valence-electron chi connectivity index (χ2n) is 8.57. The zero-order valence-electron chi connectivity index (χ0n) is 15.5. The summed E-state index contributed by atoms with van der Waals surface area (Å²) >= 11 is 3.89. The molecule has 1 heterocycles. The van der Waals surface area contributed by atoms with E-state index in [1.54, 1.807) is 0 Å². The van der Waals surface area contributed by atoms with E-state index in [0.717, 1.165) is 5.92 Å². The largest absolute Gasteiger partial charge is 0.359 e. The Bertz CT molecular complexity index is 803. The van der Waals surface area contributed by atoms with Gasteiger partial charge in [0.2, 0.25) is 0 Å². The lowest BCUT2D eigenvalue weighted by Crippen LogP contribution is -2.45. The molecule has 3 heteroatoms. The minimum Gasteiger partial charge on any atom is -0.359 e. The van der Waals surface area contributed by atoms with Crippen molar-refractivity contribution in [2.24, 2.45) is 16.7 Å². The first-order chi connectivity index (χ1) is 12.6. The van der Waals surface area contributed by atoms with Gasteiger partial charge in [-0.25, -0.2) is 0 Å². The van der Waals surface area contributed by atoms with Gasteiger partial charge in [-0.15, -0.1) is 11.8 Å². The van der Waals surface area contributed by atoms with Crippen LogP contribution < -0.4 is 0 Å². The molecule has 4 atom stereocenters. The molecule has 1 spiro atoms. The standard InChI is InChI=1S/C23H26OS2/c1-22(2)16-12-13-23(22)15-25-21(24-20(23)14-16)18-10-6-7-11-19(18)26-17-8-4-3-5-9-17/h3-11,16,20-21H,12-15H2,1-2H3/t16-,20-,21-,23-/m1/s1. The molecule has 5 rings (SSSR count). The van der Waals surface area contributed by atoms with E-state index in [9.17, 15) is 0 Å². The minimum absolute atomic E-state index is 0.174. The van der Waals surface area contributed by atoms with Crippen LogP contribution in [0.4, 0.5) is 0 Å². The molecule has 2 aromatic rings. The third-order valence-corrected chi connectivity index (χ3v) is 9.73. The highest BCUT2D eigenvalue weighted by molar-refractivity contribution is 8.00. The van der Waals surface area contributed by atoms with Crippen molar-refractivity contribution in [3.63, 3.8) is 0 Å². The molecule has 2 aromatic carbocycles. The number of rotatable bonds is 3. The van der Waals surface area contributed by atoms with Crippen molar-refractivity contribution in [1.29, 1.82) is 0 Å². The van der Waals surface area contributed by atoms with Crippen molar-refractivity contribution in [2.75, 3.05) is 5.75 Å². The van der Waals surface area contributed by atoms with Crippen LogP contribution in [0.15, 0.2) is 64.4 Å². The molecule has 1 aliphatic heterocycles. The fraction of sp³-hybridized carbons (Fsp3) is 0.478. The first-order valence-electron chi connectivity index (χ1n) is 9.69. The average Bonchev–Trinajstić information content (AvgIpc) is 3.04. The number of hydrogen-bond donors (Lipinski definition) is 0. The van der Waals surface area contributed by atoms with Crippen LogP contribution in [0.3, 0.4) is 0 Å². The predicted octanol–water partition coefficient (Wildman–Crippen LogP) is 6.79. The van der Waals surface area contributed by atoms with E-state index < -0.39 is 0 Å². The van der Waals surface area contributed by atoms with Crippen molar-refractivity contribution in [2.45, 2.75) is 54.4 Å². The van der Waals surface area contributed by atoms with Crippen LogP contribution in [-0.4, -0.2) is 11.9 Å². The Hall–Kier alpha value is -0.900. The van der Waals surface area contributed by atoms with Crippen molar-refractivity contribution in [3.8, 4) is 0 Å². The quantitative estimate of drug-likeness (QED) is 0.578. The normalized spacial score (nSPS) is 34.6. The molecule has 2 aliphatic carbocycles. The summed E-state index contributed by atoms with van der Waals surface area (Å²) in [6.07, 6.45) is 4.46. The van der Waals surface area contributed by atoms with Crippen LogP contribution in [0.5, 0.6) is 0 Å². The molecular weight excluding hydrogens is 356 g/mol. The highest BCUT2D eigenvalue weighted by Crippen LogP contribution is 2.70. The molecule has 1 nitrogen and oxygen atoms in total. The second kappa shape index (κ2) is 6.32. The van der Waals surface area contributed by atoms with Gasteiger partial charge in [-0.05, 0) is 48.8 Å². The fourth-order valence-corrected chi connectivity index (χ4v) is 8.30. The summed E-state index contributed by atoms with van der Waals surface area (Å²) in [6.45, 7) is 4.99. The maximum absolute atomic E-state index is 6.78. The van der Waals surface area contributed by atoms with E-state index >= 15 is 0 Å². The van der Waals surface area contributed by atoms with Crippen molar-refractivity contribution < 1.29 is 4.74 Å². The monoisotopic (exact) mass is 382 g/mol. The Morgan fingerprint density at radius 1 is 1.04 bits per heavy atom. The van der Waals surface area contributed by atoms with Crippen LogP contribution in [0.1, 0.15) is 44.1 Å². The zero-order chi connectivity index (χ0) is 17.8. The molecule has 0 N–H and O–H groups in total. The maximum Gasteiger partial charge on any atom is 0.129 e. The Kier molecular flexibility index (Phi) is 4.19. The Labute approximate surface area is 165 Å². The first-order valence-corrected chi connectivity index (χ1v) is 11.6. The highest BCUT2D eigenvalue weighted by Gasteiger charge is 2.66. The third-order valence-electron chi connectivity index (χ3n) is 7.28. The molecule has 1 saturated heterocycles. The number of thioether (sulfide) groups is 1. The lowest BCUT2D eigenvalue weighted by molar-refractivity contribution is -0.0676. The SMILES string of the molecule is CC1(C)[C@@H]2CC[C@]13CS[C@H](c1ccccc1Sc1ccccc1)O[C@@H]3C2. The average molecular weight is 383 g/mol. The van der Waals surface area contributed by atoms with Crippen molar-refractivity contribution in [3.05, 3.63) is 60.2 Å². The van der Waals surface area contributed by atoms with E-state index in [2.05, 4.69) is 68.4 Å². The van der Waals surface area contributed by atoms with Crippen molar-refractivity contribution in [1.82, 2.24) is 0 Å². The lowest BCUT2D eigenvalue weighted by Gasteiger charge is -2.47. The van der Waals surface area contributed by atoms with Crippen LogP contribution in [0, 0.1) is 16.7 Å². The summed E-state index contributed by atoms with van der Waals surface area (Å²) in [6, 6.07) is 19.5. The van der Waals surface area contributed by atoms with Crippen LogP contribution in [0.2, 0.25) is 0 Å². The highest BCUT2D eigenvalue weighted by atomic mass is 32.2. The summed E-state index contributed by atoms with van der Waals surface area (Å²) in [5.41, 5.74) is 2.36. The summed E-state index contributed by atoms with van der Waals surface area (Å²) in [5.74, 6) is 2.09. The molecule has 3 aliphatic rings. The van der Waals surface area contributed by atoms with Gasteiger partial charge >= 0.3 is 0 Å². The molecule has 3 fully saturated rings. The van der Waals surface area contributed by atoms with Crippen LogP contribution in [-0.2, 0) is 4.74 Å². The number of fused-ring (bicyclic) bond motifs is 1. The Balaban J connectivity index is 1.41. The number of benzene rings is 2. The van der Waals surface area contributed by atoms with Gasteiger partial charge in [0.25, 0.3) is 0 Å². The summed E-state index contributed by atoms with van der Waals surface area (Å²) in [5, 5.41) is 0. The minimum atomic E-state index is 0.174. The van der Waals surface area contributed by atoms with E-state index in [0.29, 0.717) is 16.9 Å². The van der Waals surface area contributed by atoms with E-state index in [-0.39, 0.29) is 5.44 Å². The molecule has 2 saturated carbocycles. The topological polar surface area (TPSA) is 9.23 Å². The summed E-state index contributed by atoms with van der Waals surface area (Å²) < 4.78 is 6.78. The lowest BCUT2D eigenvalue weighted by atomic mass is 9.69. The van der Waals surface area contributed by atoms with Gasteiger partial charge in [0.15, 0.2) is 0 Å². The molecule has 0 unspecified atom stereocenters. The maximum atomic E-state index is 6.78. The van der Waals surface area contributed by atoms with Gasteiger partial charge in [-0.1, -0.05) is 62.0 Å². The van der Waals surface area contributed by atoms with Gasteiger partial charge in [0.05, 0.1) is 6.10 Å².